The number of rotatable bonds is 2. The Balaban J connectivity index is 2.19. The molecule has 2 heteroatoms. The quantitative estimate of drug-likeness (QED) is 0.498. The number of hydrogen-bond donors (Lipinski definition) is 0. The van der Waals surface area contributed by atoms with Crippen molar-refractivity contribution in [3.05, 3.63) is 72.3 Å². The summed E-state index contributed by atoms with van der Waals surface area (Å²) in [6.07, 6.45) is 1.87. The fraction of sp³-hybridized carbons (Fsp3) is 0.0556. The van der Waals surface area contributed by atoms with Gasteiger partial charge in [-0.2, -0.15) is 0 Å². The molecule has 0 amide bonds. The van der Waals surface area contributed by atoms with E-state index >= 15 is 0 Å². The molecule has 4 rings (SSSR count). The van der Waals surface area contributed by atoms with Crippen molar-refractivity contribution in [2.45, 2.75) is 6.54 Å². The van der Waals surface area contributed by atoms with Crippen molar-refractivity contribution in [2.75, 3.05) is 0 Å². The van der Waals surface area contributed by atoms with E-state index < -0.39 is 0 Å². The minimum atomic E-state index is 0.134. The molecule has 0 atom stereocenters. The van der Waals surface area contributed by atoms with Gasteiger partial charge in [0.2, 0.25) is 0 Å². The van der Waals surface area contributed by atoms with Crippen molar-refractivity contribution < 1.29 is 4.79 Å². The molecule has 1 aliphatic rings. The molecule has 2 aromatic carbocycles. The number of nitrogens with zero attached hydrogens (tertiary/aromatic N) is 1. The van der Waals surface area contributed by atoms with Gasteiger partial charge in [0.15, 0.2) is 5.78 Å². The molecule has 20 heavy (non-hydrogen) atoms. The van der Waals surface area contributed by atoms with E-state index in [0.717, 1.165) is 33.3 Å². The predicted molar refractivity (Wildman–Crippen MR) is 81.0 cm³/mol. The monoisotopic (exact) mass is 259 g/mol. The van der Waals surface area contributed by atoms with E-state index in [-0.39, 0.29) is 5.78 Å². The maximum absolute atomic E-state index is 12.7. The van der Waals surface area contributed by atoms with E-state index in [1.54, 1.807) is 0 Å². The third-order valence-corrected chi connectivity index (χ3v) is 3.94. The number of aromatic nitrogens is 1. The van der Waals surface area contributed by atoms with Crippen molar-refractivity contribution in [1.82, 2.24) is 4.57 Å². The Labute approximate surface area is 117 Å². The van der Waals surface area contributed by atoms with Crippen molar-refractivity contribution in [3.63, 3.8) is 0 Å². The molecule has 1 aromatic heterocycles. The zero-order chi connectivity index (χ0) is 13.7. The van der Waals surface area contributed by atoms with Gasteiger partial charge in [-0.15, -0.1) is 6.58 Å². The summed E-state index contributed by atoms with van der Waals surface area (Å²) < 4.78 is 2.18. The molecule has 2 nitrogen and oxygen atoms in total. The van der Waals surface area contributed by atoms with E-state index in [1.807, 2.05) is 48.5 Å². The highest BCUT2D eigenvalue weighted by molar-refractivity contribution is 6.27. The molecule has 0 spiro atoms. The van der Waals surface area contributed by atoms with Gasteiger partial charge in [0, 0.05) is 28.6 Å². The Kier molecular flexibility index (Phi) is 2.21. The molecule has 0 N–H and O–H groups in total. The molecular formula is C18H13NO. The Morgan fingerprint density at radius 1 is 1.00 bits per heavy atom. The van der Waals surface area contributed by atoms with E-state index in [1.165, 1.54) is 0 Å². The molecule has 0 unspecified atom stereocenters. The first-order chi connectivity index (χ1) is 9.83. The summed E-state index contributed by atoms with van der Waals surface area (Å²) in [7, 11) is 0. The maximum Gasteiger partial charge on any atom is 0.196 e. The molecule has 0 saturated carbocycles. The van der Waals surface area contributed by atoms with E-state index in [2.05, 4.69) is 17.2 Å². The molecule has 0 saturated heterocycles. The van der Waals surface area contributed by atoms with Crippen LogP contribution in [0.2, 0.25) is 0 Å². The summed E-state index contributed by atoms with van der Waals surface area (Å²) in [4.78, 5) is 12.7. The van der Waals surface area contributed by atoms with E-state index in [4.69, 9.17) is 0 Å². The lowest BCUT2D eigenvalue weighted by atomic mass is 10.1. The van der Waals surface area contributed by atoms with Crippen molar-refractivity contribution in [2.24, 2.45) is 0 Å². The van der Waals surface area contributed by atoms with Crippen LogP contribution < -0.4 is 0 Å². The van der Waals surface area contributed by atoms with Crippen LogP contribution in [0.1, 0.15) is 15.9 Å². The number of hydrogen-bond acceptors (Lipinski definition) is 1. The van der Waals surface area contributed by atoms with Crippen molar-refractivity contribution in [1.29, 1.82) is 0 Å². The second-order valence-electron chi connectivity index (χ2n) is 5.01. The summed E-state index contributed by atoms with van der Waals surface area (Å²) in [5, 5.41) is 1.03. The lowest BCUT2D eigenvalue weighted by Crippen LogP contribution is -1.97. The van der Waals surface area contributed by atoms with Crippen LogP contribution in [0.25, 0.3) is 22.2 Å². The van der Waals surface area contributed by atoms with Gasteiger partial charge in [0.25, 0.3) is 0 Å². The number of carbonyl (C=O) groups excluding carboxylic acids is 1. The fourth-order valence-corrected chi connectivity index (χ4v) is 3.15. The zero-order valence-corrected chi connectivity index (χ0v) is 11.0. The van der Waals surface area contributed by atoms with Gasteiger partial charge in [-0.3, -0.25) is 4.79 Å². The number of carbonyl (C=O) groups is 1. The Morgan fingerprint density at radius 3 is 2.50 bits per heavy atom. The highest BCUT2D eigenvalue weighted by Gasteiger charge is 2.32. The number of para-hydroxylation sites is 1. The second kappa shape index (κ2) is 3.94. The van der Waals surface area contributed by atoms with Crippen LogP contribution in [0.4, 0.5) is 0 Å². The lowest BCUT2D eigenvalue weighted by Gasteiger charge is -2.07. The molecule has 3 aromatic rings. The average molecular weight is 259 g/mol. The van der Waals surface area contributed by atoms with Crippen LogP contribution in [0.3, 0.4) is 0 Å². The smallest absolute Gasteiger partial charge is 0.196 e. The summed E-state index contributed by atoms with van der Waals surface area (Å²) in [6.45, 7) is 4.54. The van der Waals surface area contributed by atoms with Gasteiger partial charge in [-0.25, -0.2) is 0 Å². The van der Waals surface area contributed by atoms with Crippen LogP contribution in [0.5, 0.6) is 0 Å². The normalized spacial score (nSPS) is 12.5. The fourth-order valence-electron chi connectivity index (χ4n) is 3.15. The largest absolute Gasteiger partial charge is 0.336 e. The second-order valence-corrected chi connectivity index (χ2v) is 5.01. The van der Waals surface area contributed by atoms with Gasteiger partial charge in [0.05, 0.1) is 11.3 Å². The van der Waals surface area contributed by atoms with Crippen molar-refractivity contribution >= 4 is 16.7 Å². The molecular weight excluding hydrogens is 246 g/mol. The average Bonchev–Trinajstić information content (AvgIpc) is 2.96. The summed E-state index contributed by atoms with van der Waals surface area (Å²) >= 11 is 0. The van der Waals surface area contributed by atoms with Crippen LogP contribution >= 0.6 is 0 Å². The number of benzene rings is 2. The number of fused-ring (bicyclic) bond motifs is 5. The molecule has 0 aliphatic heterocycles. The van der Waals surface area contributed by atoms with E-state index in [0.29, 0.717) is 6.54 Å². The molecule has 1 aliphatic carbocycles. The maximum atomic E-state index is 12.7. The SMILES string of the molecule is C=CCn1c2c(c3ccccc31)C(=O)c1ccccc1-2. The zero-order valence-electron chi connectivity index (χ0n) is 11.0. The first kappa shape index (κ1) is 11.2. The Hall–Kier alpha value is -2.61. The third-order valence-electron chi connectivity index (χ3n) is 3.94. The Bertz CT molecular complexity index is 870. The Morgan fingerprint density at radius 2 is 1.70 bits per heavy atom. The standard InChI is InChI=1S/C18H13NO/c1-2-11-19-15-10-6-5-9-14(15)16-17(19)12-7-3-4-8-13(12)18(16)20/h2-10H,1,11H2. The van der Waals surface area contributed by atoms with Crippen LogP contribution in [-0.2, 0) is 6.54 Å². The molecule has 1 heterocycles. The molecule has 0 radical (unpaired) electrons. The summed E-state index contributed by atoms with van der Waals surface area (Å²) in [5.74, 6) is 0.134. The van der Waals surface area contributed by atoms with Gasteiger partial charge in [-0.05, 0) is 6.07 Å². The van der Waals surface area contributed by atoms with Crippen LogP contribution in [0.15, 0.2) is 61.2 Å². The first-order valence-electron chi connectivity index (χ1n) is 6.69. The number of allylic oxidation sites excluding steroid dienone is 1. The minimum absolute atomic E-state index is 0.134. The predicted octanol–water partition coefficient (Wildman–Crippen LogP) is 4.04. The van der Waals surface area contributed by atoms with Gasteiger partial charge < -0.3 is 4.57 Å². The van der Waals surface area contributed by atoms with Gasteiger partial charge >= 0.3 is 0 Å². The van der Waals surface area contributed by atoms with Crippen LogP contribution in [-0.4, -0.2) is 10.4 Å². The third kappa shape index (κ3) is 1.26. The topological polar surface area (TPSA) is 22.0 Å². The molecule has 0 bridgehead atoms. The van der Waals surface area contributed by atoms with Crippen LogP contribution in [0, 0.1) is 0 Å². The minimum Gasteiger partial charge on any atom is -0.336 e. The van der Waals surface area contributed by atoms with Gasteiger partial charge in [0.1, 0.15) is 0 Å². The highest BCUT2D eigenvalue weighted by atomic mass is 16.1. The molecule has 96 valence electrons. The van der Waals surface area contributed by atoms with Gasteiger partial charge in [-0.1, -0.05) is 48.5 Å². The number of ketones is 1. The first-order valence-corrected chi connectivity index (χ1v) is 6.69. The summed E-state index contributed by atoms with van der Waals surface area (Å²) in [6, 6.07) is 15.9. The summed E-state index contributed by atoms with van der Waals surface area (Å²) in [5.41, 5.74) is 4.81. The van der Waals surface area contributed by atoms with Crippen molar-refractivity contribution in [3.8, 4) is 11.3 Å². The lowest BCUT2D eigenvalue weighted by molar-refractivity contribution is 0.104. The molecule has 0 fully saturated rings. The van der Waals surface area contributed by atoms with E-state index in [9.17, 15) is 4.79 Å². The highest BCUT2D eigenvalue weighted by Crippen LogP contribution is 2.42.